The molecule has 0 aliphatic carbocycles. The van der Waals surface area contributed by atoms with Crippen LogP contribution < -0.4 is 5.56 Å². The lowest BCUT2D eigenvalue weighted by Gasteiger charge is -2.32. The zero-order valence-corrected chi connectivity index (χ0v) is 19.4. The Morgan fingerprint density at radius 3 is 2.58 bits per heavy atom. The Morgan fingerprint density at radius 2 is 1.79 bits per heavy atom. The molecule has 1 aliphatic heterocycles. The summed E-state index contributed by atoms with van der Waals surface area (Å²) in [6.45, 7) is 9.95. The number of allylic oxidation sites excluding steroid dienone is 5. The second-order valence-electron chi connectivity index (χ2n) is 8.59. The number of aromatic nitrogens is 3. The number of rotatable bonds is 9. The molecule has 172 valence electrons. The third-order valence-electron chi connectivity index (χ3n) is 6.21. The first-order valence-electron chi connectivity index (χ1n) is 11.7. The average Bonchev–Trinajstić information content (AvgIpc) is 3.23. The Balaban J connectivity index is 1.39. The second kappa shape index (κ2) is 11.1. The molecule has 4 heterocycles. The monoisotopic (exact) mass is 443 g/mol. The number of imidazole rings is 1. The lowest BCUT2D eigenvalue weighted by Crippen LogP contribution is -2.44. The molecule has 3 aromatic rings. The van der Waals surface area contributed by atoms with Gasteiger partial charge in [0.15, 0.2) is 0 Å². The molecule has 4 rings (SSSR count). The van der Waals surface area contributed by atoms with Crippen molar-refractivity contribution in [3.05, 3.63) is 95.9 Å². The Labute approximate surface area is 195 Å². The summed E-state index contributed by atoms with van der Waals surface area (Å²) in [7, 11) is 2.17. The predicted octanol–water partition coefficient (Wildman–Crippen LogP) is 3.64. The quantitative estimate of drug-likeness (QED) is 0.474. The van der Waals surface area contributed by atoms with Crippen LogP contribution in [0, 0.1) is 0 Å². The third-order valence-corrected chi connectivity index (χ3v) is 6.21. The number of fused-ring (bicyclic) bond motifs is 1. The van der Waals surface area contributed by atoms with Gasteiger partial charge in [-0.05, 0) is 49.3 Å². The summed E-state index contributed by atoms with van der Waals surface area (Å²) >= 11 is 0. The fourth-order valence-electron chi connectivity index (χ4n) is 4.18. The van der Waals surface area contributed by atoms with E-state index in [1.807, 2.05) is 59.6 Å². The Hall–Kier alpha value is -3.22. The normalized spacial score (nSPS) is 15.8. The molecular weight excluding hydrogens is 410 g/mol. The van der Waals surface area contributed by atoms with Gasteiger partial charge in [0.1, 0.15) is 5.65 Å². The van der Waals surface area contributed by atoms with Gasteiger partial charge in [-0.1, -0.05) is 37.0 Å². The fourth-order valence-corrected chi connectivity index (χ4v) is 4.18. The molecule has 0 N–H and O–H groups in total. The van der Waals surface area contributed by atoms with Crippen molar-refractivity contribution in [2.75, 3.05) is 39.8 Å². The van der Waals surface area contributed by atoms with Crippen molar-refractivity contribution in [3.8, 4) is 11.1 Å². The van der Waals surface area contributed by atoms with E-state index in [4.69, 9.17) is 0 Å². The van der Waals surface area contributed by atoms with Crippen LogP contribution >= 0.6 is 0 Å². The van der Waals surface area contributed by atoms with Crippen LogP contribution in [0.4, 0.5) is 0 Å². The fraction of sp³-hybridized carbons (Fsp3) is 0.333. The maximum Gasteiger partial charge on any atom is 0.251 e. The molecule has 0 saturated carbocycles. The second-order valence-corrected chi connectivity index (χ2v) is 8.59. The van der Waals surface area contributed by atoms with Gasteiger partial charge in [0.25, 0.3) is 5.56 Å². The number of nitrogens with zero attached hydrogens (tertiary/aromatic N) is 5. The number of pyridine rings is 2. The first-order chi connectivity index (χ1) is 16.1. The minimum Gasteiger partial charge on any atom is -0.315 e. The Kier molecular flexibility index (Phi) is 7.70. The van der Waals surface area contributed by atoms with E-state index in [2.05, 4.69) is 38.9 Å². The summed E-state index contributed by atoms with van der Waals surface area (Å²) in [6.07, 6.45) is 17.4. The van der Waals surface area contributed by atoms with Crippen LogP contribution in [-0.4, -0.2) is 63.5 Å². The summed E-state index contributed by atoms with van der Waals surface area (Å²) in [5.41, 5.74) is 3.99. The van der Waals surface area contributed by atoms with Gasteiger partial charge in [-0.2, -0.15) is 0 Å². The van der Waals surface area contributed by atoms with Gasteiger partial charge in [-0.25, -0.2) is 4.98 Å². The maximum absolute atomic E-state index is 12.7. The highest BCUT2D eigenvalue weighted by atomic mass is 16.1. The summed E-state index contributed by atoms with van der Waals surface area (Å²) in [5, 5.41) is 0. The Bertz CT molecular complexity index is 1190. The highest BCUT2D eigenvalue weighted by Crippen LogP contribution is 2.20. The van der Waals surface area contributed by atoms with E-state index < -0.39 is 0 Å². The highest BCUT2D eigenvalue weighted by molar-refractivity contribution is 5.67. The molecule has 0 spiro atoms. The first kappa shape index (κ1) is 23.0. The summed E-state index contributed by atoms with van der Waals surface area (Å²) in [4.78, 5) is 22.1. The lowest BCUT2D eigenvalue weighted by molar-refractivity contribution is 0.151. The van der Waals surface area contributed by atoms with Crippen LogP contribution in [0.15, 0.2) is 84.6 Å². The molecule has 3 aromatic heterocycles. The third kappa shape index (κ3) is 5.97. The van der Waals surface area contributed by atoms with E-state index in [9.17, 15) is 4.79 Å². The molecule has 1 aliphatic rings. The number of hydrogen-bond donors (Lipinski definition) is 0. The van der Waals surface area contributed by atoms with Crippen LogP contribution in [0.2, 0.25) is 0 Å². The summed E-state index contributed by atoms with van der Waals surface area (Å²) in [5.74, 6) is 0. The Morgan fingerprint density at radius 1 is 1.00 bits per heavy atom. The van der Waals surface area contributed by atoms with E-state index in [0.717, 1.165) is 74.6 Å². The van der Waals surface area contributed by atoms with E-state index >= 15 is 0 Å². The molecule has 6 heteroatoms. The van der Waals surface area contributed by atoms with Gasteiger partial charge in [0.2, 0.25) is 0 Å². The number of hydrogen-bond acceptors (Lipinski definition) is 4. The van der Waals surface area contributed by atoms with Crippen molar-refractivity contribution in [2.45, 2.75) is 19.4 Å². The SMILES string of the molecule is C=C/C=C\C=C/Cc1cnc2cc(-c3ccn(CCCN4CCN(C)CC4)c(=O)c3)ccn12. The van der Waals surface area contributed by atoms with Crippen molar-refractivity contribution >= 4 is 5.65 Å². The van der Waals surface area contributed by atoms with Crippen LogP contribution in [0.3, 0.4) is 0 Å². The zero-order chi connectivity index (χ0) is 23.0. The van der Waals surface area contributed by atoms with Crippen LogP contribution in [0.5, 0.6) is 0 Å². The molecule has 0 bridgehead atoms. The van der Waals surface area contributed by atoms with Crippen molar-refractivity contribution in [2.24, 2.45) is 0 Å². The van der Waals surface area contributed by atoms with Gasteiger partial charge in [-0.15, -0.1) is 0 Å². The van der Waals surface area contributed by atoms with Crippen LogP contribution in [-0.2, 0) is 13.0 Å². The minimum absolute atomic E-state index is 0.0486. The average molecular weight is 444 g/mol. The van der Waals surface area contributed by atoms with Gasteiger partial charge in [-0.3, -0.25) is 4.79 Å². The zero-order valence-electron chi connectivity index (χ0n) is 19.4. The van der Waals surface area contributed by atoms with Gasteiger partial charge >= 0.3 is 0 Å². The van der Waals surface area contributed by atoms with E-state index in [1.54, 1.807) is 12.1 Å². The standard InChI is InChI=1S/C27H33N5O/c1-3-4-5-6-7-9-25-22-28-26-20-23(11-15-32(25)26)24-10-14-31(27(33)21-24)13-8-12-30-18-16-29(2)17-19-30/h3-7,10-11,14-15,20-22H,1,8-9,12-13,16-19H2,2H3/b5-4-,7-6-. The van der Waals surface area contributed by atoms with E-state index in [-0.39, 0.29) is 5.56 Å². The molecule has 0 unspecified atom stereocenters. The smallest absolute Gasteiger partial charge is 0.251 e. The maximum atomic E-state index is 12.7. The number of aryl methyl sites for hydroxylation is 1. The first-order valence-corrected chi connectivity index (χ1v) is 11.7. The van der Waals surface area contributed by atoms with Gasteiger partial charge in [0, 0.05) is 69.5 Å². The highest BCUT2D eigenvalue weighted by Gasteiger charge is 2.13. The number of likely N-dealkylation sites (N-methyl/N-ethyl adjacent to an activating group) is 1. The molecule has 0 aromatic carbocycles. The predicted molar refractivity (Wildman–Crippen MR) is 136 cm³/mol. The molecule has 6 nitrogen and oxygen atoms in total. The molecular formula is C27H33N5O. The molecule has 0 radical (unpaired) electrons. The molecule has 33 heavy (non-hydrogen) atoms. The molecule has 0 atom stereocenters. The van der Waals surface area contributed by atoms with E-state index in [1.165, 1.54) is 0 Å². The van der Waals surface area contributed by atoms with E-state index in [0.29, 0.717) is 0 Å². The van der Waals surface area contributed by atoms with Crippen LogP contribution in [0.25, 0.3) is 16.8 Å². The largest absolute Gasteiger partial charge is 0.315 e. The number of piperazine rings is 1. The summed E-state index contributed by atoms with van der Waals surface area (Å²) < 4.78 is 3.91. The lowest BCUT2D eigenvalue weighted by atomic mass is 10.1. The van der Waals surface area contributed by atoms with Gasteiger partial charge < -0.3 is 18.8 Å². The van der Waals surface area contributed by atoms with Gasteiger partial charge in [0.05, 0.1) is 0 Å². The van der Waals surface area contributed by atoms with Crippen molar-refractivity contribution in [1.29, 1.82) is 0 Å². The van der Waals surface area contributed by atoms with Crippen molar-refractivity contribution in [1.82, 2.24) is 23.8 Å². The molecule has 0 amide bonds. The van der Waals surface area contributed by atoms with Crippen LogP contribution in [0.1, 0.15) is 12.1 Å². The summed E-state index contributed by atoms with van der Waals surface area (Å²) in [6, 6.07) is 7.85. The topological polar surface area (TPSA) is 45.8 Å². The minimum atomic E-state index is 0.0486. The molecule has 1 saturated heterocycles. The van der Waals surface area contributed by atoms with Crippen molar-refractivity contribution in [3.63, 3.8) is 0 Å². The molecule has 1 fully saturated rings. The van der Waals surface area contributed by atoms with Crippen molar-refractivity contribution < 1.29 is 0 Å².